The highest BCUT2D eigenvalue weighted by Crippen LogP contribution is 2.30. The van der Waals surface area contributed by atoms with Gasteiger partial charge in [-0.15, -0.1) is 0 Å². The summed E-state index contributed by atoms with van der Waals surface area (Å²) in [5.74, 6) is 0.357. The van der Waals surface area contributed by atoms with Crippen LogP contribution in [0.4, 0.5) is 4.39 Å². The number of methoxy groups -OCH3 is 1. The SMILES string of the molecule is COCC1CCN(C(c2cccc(F)c2)C(C)N)C1. The third kappa shape index (κ3) is 3.53. The van der Waals surface area contributed by atoms with Gasteiger partial charge in [0.15, 0.2) is 0 Å². The van der Waals surface area contributed by atoms with Gasteiger partial charge in [0.25, 0.3) is 0 Å². The van der Waals surface area contributed by atoms with Crippen LogP contribution in [-0.2, 0) is 4.74 Å². The summed E-state index contributed by atoms with van der Waals surface area (Å²) < 4.78 is 18.6. The van der Waals surface area contributed by atoms with Crippen molar-refractivity contribution in [1.29, 1.82) is 0 Å². The summed E-state index contributed by atoms with van der Waals surface area (Å²) in [5, 5.41) is 0. The standard InChI is InChI=1S/C15H23FN2O/c1-11(17)15(13-4-3-5-14(16)8-13)18-7-6-12(9-18)10-19-2/h3-5,8,11-12,15H,6-7,9-10,17H2,1-2H3. The Morgan fingerprint density at radius 3 is 2.95 bits per heavy atom. The minimum atomic E-state index is -0.198. The molecule has 0 radical (unpaired) electrons. The highest BCUT2D eigenvalue weighted by atomic mass is 19.1. The average molecular weight is 266 g/mol. The van der Waals surface area contributed by atoms with Crippen LogP contribution in [0.25, 0.3) is 0 Å². The van der Waals surface area contributed by atoms with Gasteiger partial charge in [-0.05, 0) is 43.5 Å². The number of benzene rings is 1. The maximum absolute atomic E-state index is 13.4. The number of rotatable bonds is 5. The first-order chi connectivity index (χ1) is 9.11. The van der Waals surface area contributed by atoms with E-state index in [4.69, 9.17) is 10.5 Å². The van der Waals surface area contributed by atoms with Gasteiger partial charge in [0, 0.05) is 25.7 Å². The molecule has 1 aliphatic heterocycles. The maximum Gasteiger partial charge on any atom is 0.123 e. The highest BCUT2D eigenvalue weighted by molar-refractivity contribution is 5.22. The maximum atomic E-state index is 13.4. The van der Waals surface area contributed by atoms with Gasteiger partial charge in [-0.2, -0.15) is 0 Å². The predicted molar refractivity (Wildman–Crippen MR) is 74.3 cm³/mol. The number of ether oxygens (including phenoxy) is 1. The molecule has 3 nitrogen and oxygen atoms in total. The van der Waals surface area contributed by atoms with E-state index in [1.54, 1.807) is 19.2 Å². The first-order valence-electron chi connectivity index (χ1n) is 6.86. The van der Waals surface area contributed by atoms with Crippen LogP contribution in [0, 0.1) is 11.7 Å². The monoisotopic (exact) mass is 266 g/mol. The molecule has 4 heteroatoms. The summed E-state index contributed by atoms with van der Waals surface area (Å²) in [4.78, 5) is 2.35. The fraction of sp³-hybridized carbons (Fsp3) is 0.600. The Hall–Kier alpha value is -0.970. The zero-order valence-corrected chi connectivity index (χ0v) is 11.7. The van der Waals surface area contributed by atoms with Crippen molar-refractivity contribution in [3.63, 3.8) is 0 Å². The molecule has 2 N–H and O–H groups in total. The Labute approximate surface area is 114 Å². The van der Waals surface area contributed by atoms with Crippen LogP contribution in [0.2, 0.25) is 0 Å². The number of halogens is 1. The molecule has 0 saturated carbocycles. The van der Waals surface area contributed by atoms with Crippen molar-refractivity contribution in [3.8, 4) is 0 Å². The van der Waals surface area contributed by atoms with Crippen molar-refractivity contribution in [3.05, 3.63) is 35.6 Å². The van der Waals surface area contributed by atoms with Crippen LogP contribution < -0.4 is 5.73 Å². The van der Waals surface area contributed by atoms with E-state index in [1.165, 1.54) is 6.07 Å². The van der Waals surface area contributed by atoms with E-state index in [2.05, 4.69) is 4.90 Å². The second-order valence-electron chi connectivity index (χ2n) is 5.46. The summed E-state index contributed by atoms with van der Waals surface area (Å²) in [6, 6.07) is 6.83. The second kappa shape index (κ2) is 6.46. The summed E-state index contributed by atoms with van der Waals surface area (Å²) in [5.41, 5.74) is 7.09. The Balaban J connectivity index is 2.13. The van der Waals surface area contributed by atoms with Crippen LogP contribution >= 0.6 is 0 Å². The third-order valence-electron chi connectivity index (χ3n) is 3.80. The van der Waals surface area contributed by atoms with Crippen LogP contribution in [0.5, 0.6) is 0 Å². The lowest BCUT2D eigenvalue weighted by Gasteiger charge is -2.31. The fourth-order valence-corrected chi connectivity index (χ4v) is 3.02. The Kier molecular flexibility index (Phi) is 4.91. The molecule has 1 aromatic rings. The molecular formula is C15H23FN2O. The van der Waals surface area contributed by atoms with E-state index in [9.17, 15) is 4.39 Å². The molecule has 2 rings (SSSR count). The van der Waals surface area contributed by atoms with Crippen molar-refractivity contribution in [2.45, 2.75) is 25.4 Å². The van der Waals surface area contributed by atoms with E-state index < -0.39 is 0 Å². The molecule has 0 bridgehead atoms. The summed E-state index contributed by atoms with van der Waals surface area (Å²) in [6.45, 7) is 4.73. The van der Waals surface area contributed by atoms with Crippen molar-refractivity contribution in [2.24, 2.45) is 11.7 Å². The van der Waals surface area contributed by atoms with E-state index in [-0.39, 0.29) is 17.9 Å². The van der Waals surface area contributed by atoms with Gasteiger partial charge in [-0.3, -0.25) is 4.90 Å². The van der Waals surface area contributed by atoms with Gasteiger partial charge in [-0.25, -0.2) is 4.39 Å². The number of hydrogen-bond donors (Lipinski definition) is 1. The van der Waals surface area contributed by atoms with Gasteiger partial charge in [0.1, 0.15) is 5.82 Å². The molecule has 19 heavy (non-hydrogen) atoms. The Bertz CT molecular complexity index is 411. The van der Waals surface area contributed by atoms with Crippen LogP contribution in [0.1, 0.15) is 24.9 Å². The highest BCUT2D eigenvalue weighted by Gasteiger charge is 2.31. The Morgan fingerprint density at radius 1 is 1.53 bits per heavy atom. The van der Waals surface area contributed by atoms with E-state index in [0.29, 0.717) is 5.92 Å². The third-order valence-corrected chi connectivity index (χ3v) is 3.80. The second-order valence-corrected chi connectivity index (χ2v) is 5.46. The lowest BCUT2D eigenvalue weighted by Crippen LogP contribution is -2.38. The average Bonchev–Trinajstić information content (AvgIpc) is 2.78. The van der Waals surface area contributed by atoms with Crippen molar-refractivity contribution in [2.75, 3.05) is 26.8 Å². The van der Waals surface area contributed by atoms with Crippen molar-refractivity contribution < 1.29 is 9.13 Å². The Morgan fingerprint density at radius 2 is 2.32 bits per heavy atom. The summed E-state index contributed by atoms with van der Waals surface area (Å²) >= 11 is 0. The van der Waals surface area contributed by atoms with Gasteiger partial charge >= 0.3 is 0 Å². The first kappa shape index (κ1) is 14.4. The normalized spacial score (nSPS) is 23.5. The summed E-state index contributed by atoms with van der Waals surface area (Å²) in [6.07, 6.45) is 1.12. The molecule has 3 unspecified atom stereocenters. The predicted octanol–water partition coefficient (Wildman–Crippen LogP) is 2.18. The lowest BCUT2D eigenvalue weighted by atomic mass is 9.99. The van der Waals surface area contributed by atoms with E-state index in [1.807, 2.05) is 13.0 Å². The minimum Gasteiger partial charge on any atom is -0.384 e. The number of nitrogens with two attached hydrogens (primary N) is 1. The smallest absolute Gasteiger partial charge is 0.123 e. The van der Waals surface area contributed by atoms with Crippen LogP contribution in [0.3, 0.4) is 0 Å². The molecule has 1 heterocycles. The molecule has 1 saturated heterocycles. The zero-order chi connectivity index (χ0) is 13.8. The number of nitrogens with zero attached hydrogens (tertiary/aromatic N) is 1. The van der Waals surface area contributed by atoms with Crippen molar-refractivity contribution >= 4 is 0 Å². The largest absolute Gasteiger partial charge is 0.384 e. The number of likely N-dealkylation sites (tertiary alicyclic amines) is 1. The van der Waals surface area contributed by atoms with Crippen molar-refractivity contribution in [1.82, 2.24) is 4.90 Å². The molecule has 0 amide bonds. The van der Waals surface area contributed by atoms with E-state index in [0.717, 1.165) is 31.7 Å². The molecule has 1 aliphatic rings. The van der Waals surface area contributed by atoms with Crippen LogP contribution in [0.15, 0.2) is 24.3 Å². The van der Waals surface area contributed by atoms with Gasteiger partial charge in [0.2, 0.25) is 0 Å². The molecule has 0 aliphatic carbocycles. The summed E-state index contributed by atoms with van der Waals surface area (Å²) in [7, 11) is 1.73. The van der Waals surface area contributed by atoms with E-state index >= 15 is 0 Å². The fourth-order valence-electron chi connectivity index (χ4n) is 3.02. The topological polar surface area (TPSA) is 38.5 Å². The quantitative estimate of drug-likeness (QED) is 0.888. The molecule has 3 atom stereocenters. The van der Waals surface area contributed by atoms with Gasteiger partial charge in [0.05, 0.1) is 6.61 Å². The number of hydrogen-bond acceptors (Lipinski definition) is 3. The molecule has 0 spiro atoms. The molecular weight excluding hydrogens is 243 g/mol. The molecule has 1 aromatic carbocycles. The minimum absolute atomic E-state index is 0.0249. The van der Waals surface area contributed by atoms with Crippen LogP contribution in [-0.4, -0.2) is 37.7 Å². The molecule has 0 aromatic heterocycles. The first-order valence-corrected chi connectivity index (χ1v) is 6.86. The molecule has 106 valence electrons. The van der Waals surface area contributed by atoms with Gasteiger partial charge in [-0.1, -0.05) is 12.1 Å². The van der Waals surface area contributed by atoms with Gasteiger partial charge < -0.3 is 10.5 Å². The lowest BCUT2D eigenvalue weighted by molar-refractivity contribution is 0.143. The zero-order valence-electron chi connectivity index (χ0n) is 11.7. The molecule has 1 fully saturated rings.